The molecule has 0 aliphatic carbocycles. The third-order valence-electron chi connectivity index (χ3n) is 4.16. The van der Waals surface area contributed by atoms with Gasteiger partial charge in [-0.3, -0.25) is 9.58 Å². The molecule has 1 saturated heterocycles. The summed E-state index contributed by atoms with van der Waals surface area (Å²) in [5, 5.41) is 8.64. The van der Waals surface area contributed by atoms with E-state index in [2.05, 4.69) is 47.1 Å². The van der Waals surface area contributed by atoms with Gasteiger partial charge in [0.2, 0.25) is 5.89 Å². The second-order valence-electron chi connectivity index (χ2n) is 6.99. The number of nitrogens with zero attached hydrogens (tertiary/aromatic N) is 5. The molecule has 0 N–H and O–H groups in total. The molecule has 0 saturated carbocycles. The molecule has 1 unspecified atom stereocenters. The Morgan fingerprint density at radius 3 is 2.82 bits per heavy atom. The maximum atomic E-state index is 5.27. The van der Waals surface area contributed by atoms with E-state index in [1.54, 1.807) is 0 Å². The molecule has 0 spiro atoms. The fraction of sp³-hybridized carbons (Fsp3) is 0.688. The molecule has 0 aromatic carbocycles. The lowest BCUT2D eigenvalue weighted by atomic mass is 10.1. The molecule has 0 amide bonds. The smallest absolute Gasteiger partial charge is 0.226 e. The molecule has 1 aliphatic heterocycles. The molecule has 3 heterocycles. The lowest BCUT2D eigenvalue weighted by Crippen LogP contribution is -2.24. The summed E-state index contributed by atoms with van der Waals surface area (Å²) in [4.78, 5) is 6.93. The molecule has 1 atom stereocenters. The summed E-state index contributed by atoms with van der Waals surface area (Å²) < 4.78 is 7.29. The quantitative estimate of drug-likeness (QED) is 0.869. The maximum Gasteiger partial charge on any atom is 0.226 e. The van der Waals surface area contributed by atoms with Gasteiger partial charge >= 0.3 is 0 Å². The van der Waals surface area contributed by atoms with Gasteiger partial charge in [-0.25, -0.2) is 0 Å². The van der Waals surface area contributed by atoms with Crippen LogP contribution in [-0.4, -0.2) is 31.4 Å². The van der Waals surface area contributed by atoms with E-state index in [-0.39, 0.29) is 11.6 Å². The lowest BCUT2D eigenvalue weighted by molar-refractivity contribution is 0.233. The predicted molar refractivity (Wildman–Crippen MR) is 83.3 cm³/mol. The van der Waals surface area contributed by atoms with Crippen LogP contribution in [0.1, 0.15) is 63.9 Å². The number of likely N-dealkylation sites (tertiary alicyclic amines) is 1. The molecular formula is C16H25N5O. The van der Waals surface area contributed by atoms with E-state index in [1.165, 1.54) is 12.0 Å². The number of rotatable bonds is 4. The van der Waals surface area contributed by atoms with E-state index in [4.69, 9.17) is 4.52 Å². The van der Waals surface area contributed by atoms with Crippen LogP contribution in [0.15, 0.2) is 16.9 Å². The minimum Gasteiger partial charge on any atom is -0.339 e. The van der Waals surface area contributed by atoms with Gasteiger partial charge in [0.05, 0.1) is 17.8 Å². The summed E-state index contributed by atoms with van der Waals surface area (Å²) >= 11 is 0. The second kappa shape index (κ2) is 5.83. The van der Waals surface area contributed by atoms with Crippen LogP contribution in [0.4, 0.5) is 0 Å². The lowest BCUT2D eigenvalue weighted by Gasteiger charge is -2.21. The fourth-order valence-electron chi connectivity index (χ4n) is 2.90. The Bertz CT molecular complexity index is 625. The van der Waals surface area contributed by atoms with Crippen molar-refractivity contribution in [3.05, 3.63) is 29.7 Å². The molecule has 2 aromatic heterocycles. The molecule has 6 heteroatoms. The molecule has 6 nitrogen and oxygen atoms in total. The summed E-state index contributed by atoms with van der Waals surface area (Å²) in [6.45, 7) is 10.5. The van der Waals surface area contributed by atoms with Crippen LogP contribution in [0.25, 0.3) is 0 Å². The average Bonchev–Trinajstić information content (AvgIpc) is 3.17. The van der Waals surface area contributed by atoms with Gasteiger partial charge in [0, 0.05) is 24.7 Å². The normalized spacial score (nSPS) is 19.9. The highest BCUT2D eigenvalue weighted by atomic mass is 16.5. The Morgan fingerprint density at radius 2 is 2.18 bits per heavy atom. The van der Waals surface area contributed by atoms with E-state index in [1.807, 2.05) is 17.8 Å². The molecule has 1 aliphatic rings. The summed E-state index contributed by atoms with van der Waals surface area (Å²) in [7, 11) is 0. The fourth-order valence-corrected chi connectivity index (χ4v) is 2.90. The topological polar surface area (TPSA) is 60.0 Å². The summed E-state index contributed by atoms with van der Waals surface area (Å²) in [5.41, 5.74) is 1.26. The molecule has 120 valence electrons. The molecular weight excluding hydrogens is 278 g/mol. The van der Waals surface area contributed by atoms with Crippen molar-refractivity contribution in [2.75, 3.05) is 6.54 Å². The Balaban J connectivity index is 1.72. The highest BCUT2D eigenvalue weighted by Gasteiger charge is 2.30. The third-order valence-corrected chi connectivity index (χ3v) is 4.16. The largest absolute Gasteiger partial charge is 0.339 e. The van der Waals surface area contributed by atoms with E-state index in [9.17, 15) is 0 Å². The zero-order valence-corrected chi connectivity index (χ0v) is 13.9. The highest BCUT2D eigenvalue weighted by molar-refractivity contribution is 5.08. The standard InChI is InChI=1S/C16H25N5O/c1-5-14-18-15(19-22-14)13-7-6-8-20(13)10-12-9-17-21(11-12)16(2,3)4/h9,11,13H,5-8,10H2,1-4H3. The van der Waals surface area contributed by atoms with Gasteiger partial charge < -0.3 is 4.52 Å². The van der Waals surface area contributed by atoms with Gasteiger partial charge in [-0.15, -0.1) is 0 Å². The van der Waals surface area contributed by atoms with Crippen molar-refractivity contribution in [3.63, 3.8) is 0 Å². The second-order valence-corrected chi connectivity index (χ2v) is 6.99. The number of aryl methyl sites for hydroxylation is 1. The van der Waals surface area contributed by atoms with E-state index in [0.717, 1.165) is 37.6 Å². The van der Waals surface area contributed by atoms with Crippen molar-refractivity contribution < 1.29 is 4.52 Å². The van der Waals surface area contributed by atoms with Crippen molar-refractivity contribution in [2.24, 2.45) is 0 Å². The average molecular weight is 303 g/mol. The first-order valence-corrected chi connectivity index (χ1v) is 8.08. The first-order valence-electron chi connectivity index (χ1n) is 8.08. The number of hydrogen-bond donors (Lipinski definition) is 0. The monoisotopic (exact) mass is 303 g/mol. The van der Waals surface area contributed by atoms with Gasteiger partial charge in [0.1, 0.15) is 0 Å². The number of aromatic nitrogens is 4. The minimum absolute atomic E-state index is 0.0202. The molecule has 0 bridgehead atoms. The minimum atomic E-state index is 0.0202. The first kappa shape index (κ1) is 15.2. The van der Waals surface area contributed by atoms with Crippen molar-refractivity contribution in [3.8, 4) is 0 Å². The van der Waals surface area contributed by atoms with Crippen molar-refractivity contribution in [1.29, 1.82) is 0 Å². The summed E-state index contributed by atoms with van der Waals surface area (Å²) in [5.74, 6) is 1.56. The zero-order chi connectivity index (χ0) is 15.7. The van der Waals surface area contributed by atoms with Gasteiger partial charge in [-0.2, -0.15) is 10.1 Å². The van der Waals surface area contributed by atoms with Crippen molar-refractivity contribution >= 4 is 0 Å². The summed E-state index contributed by atoms with van der Waals surface area (Å²) in [6, 6.07) is 0.266. The molecule has 3 rings (SSSR count). The van der Waals surface area contributed by atoms with Gasteiger partial charge in [0.25, 0.3) is 0 Å². The van der Waals surface area contributed by atoms with Crippen LogP contribution in [0.3, 0.4) is 0 Å². The predicted octanol–water partition coefficient (Wildman–Crippen LogP) is 2.92. The Kier molecular flexibility index (Phi) is 4.04. The zero-order valence-electron chi connectivity index (χ0n) is 13.9. The van der Waals surface area contributed by atoms with E-state index < -0.39 is 0 Å². The third kappa shape index (κ3) is 3.06. The SMILES string of the molecule is CCc1nc(C2CCCN2Cc2cnn(C(C)(C)C)c2)no1. The van der Waals surface area contributed by atoms with Crippen LogP contribution in [-0.2, 0) is 18.5 Å². The van der Waals surface area contributed by atoms with E-state index >= 15 is 0 Å². The van der Waals surface area contributed by atoms with Gasteiger partial charge in [0.15, 0.2) is 5.82 Å². The van der Waals surface area contributed by atoms with Gasteiger partial charge in [-0.05, 0) is 40.2 Å². The van der Waals surface area contributed by atoms with E-state index in [0.29, 0.717) is 0 Å². The van der Waals surface area contributed by atoms with Crippen LogP contribution in [0, 0.1) is 0 Å². The first-order chi connectivity index (χ1) is 10.5. The van der Waals surface area contributed by atoms with Crippen LogP contribution >= 0.6 is 0 Å². The molecule has 0 radical (unpaired) electrons. The maximum absolute atomic E-state index is 5.27. The number of hydrogen-bond acceptors (Lipinski definition) is 5. The Labute approximate surface area is 131 Å². The molecule has 1 fully saturated rings. The van der Waals surface area contributed by atoms with Gasteiger partial charge in [-0.1, -0.05) is 12.1 Å². The molecule has 22 heavy (non-hydrogen) atoms. The van der Waals surface area contributed by atoms with Crippen LogP contribution < -0.4 is 0 Å². The van der Waals surface area contributed by atoms with Crippen molar-refractivity contribution in [1.82, 2.24) is 24.8 Å². The van der Waals surface area contributed by atoms with Crippen LogP contribution in [0.5, 0.6) is 0 Å². The Morgan fingerprint density at radius 1 is 1.36 bits per heavy atom. The Hall–Kier alpha value is -1.69. The highest BCUT2D eigenvalue weighted by Crippen LogP contribution is 2.31. The van der Waals surface area contributed by atoms with Crippen molar-refractivity contribution in [2.45, 2.75) is 65.1 Å². The summed E-state index contributed by atoms with van der Waals surface area (Å²) in [6.07, 6.45) is 7.17. The molecule has 2 aromatic rings. The van der Waals surface area contributed by atoms with Crippen LogP contribution in [0.2, 0.25) is 0 Å².